The highest BCUT2D eigenvalue weighted by molar-refractivity contribution is 7.92. The van der Waals surface area contributed by atoms with Crippen LogP contribution in [0.4, 0.5) is 5.69 Å². The number of aryl methyl sites for hydroxylation is 1. The first-order valence-corrected chi connectivity index (χ1v) is 13.7. The lowest BCUT2D eigenvalue weighted by Crippen LogP contribution is -2.54. The van der Waals surface area contributed by atoms with Crippen molar-refractivity contribution in [2.45, 2.75) is 62.7 Å². The molecule has 2 aromatic carbocycles. The van der Waals surface area contributed by atoms with Crippen molar-refractivity contribution < 1.29 is 27.5 Å². The first kappa shape index (κ1) is 26.0. The monoisotopic (exact) mass is 515 g/mol. The minimum absolute atomic E-state index is 0.0393. The first-order chi connectivity index (χ1) is 17.2. The zero-order valence-electron chi connectivity index (χ0n) is 20.8. The molecule has 4 rings (SSSR count). The van der Waals surface area contributed by atoms with E-state index >= 15 is 0 Å². The van der Waals surface area contributed by atoms with Crippen molar-refractivity contribution >= 4 is 27.5 Å². The molecule has 3 atom stereocenters. The molecule has 2 heterocycles. The highest BCUT2D eigenvalue weighted by Crippen LogP contribution is 2.33. The SMILES string of the molecule is CCCNC(=O)C[C@@H]1CC[C@@H]2[C@H](COc3ccc(NS(=O)(=O)c4ccccc4C)cc3C(=O)N2C)O1. The Hall–Kier alpha value is -3.11. The first-order valence-electron chi connectivity index (χ1n) is 12.2. The van der Waals surface area contributed by atoms with Gasteiger partial charge < -0.3 is 19.7 Å². The molecular formula is C26H33N3O6S. The Kier molecular flexibility index (Phi) is 7.85. The molecule has 0 aromatic heterocycles. The molecule has 0 bridgehead atoms. The van der Waals surface area contributed by atoms with Gasteiger partial charge in [0.05, 0.1) is 29.0 Å². The molecule has 36 heavy (non-hydrogen) atoms. The fourth-order valence-electron chi connectivity index (χ4n) is 4.70. The van der Waals surface area contributed by atoms with Crippen LogP contribution >= 0.6 is 0 Å². The number of benzene rings is 2. The molecule has 2 aliphatic rings. The molecule has 2 aliphatic heterocycles. The summed E-state index contributed by atoms with van der Waals surface area (Å²) in [5, 5.41) is 2.87. The van der Waals surface area contributed by atoms with E-state index in [1.54, 1.807) is 49.2 Å². The average molecular weight is 516 g/mol. The van der Waals surface area contributed by atoms with Crippen molar-refractivity contribution in [3.8, 4) is 5.75 Å². The van der Waals surface area contributed by atoms with Crippen molar-refractivity contribution in [1.82, 2.24) is 10.2 Å². The van der Waals surface area contributed by atoms with Gasteiger partial charge in [0.25, 0.3) is 15.9 Å². The normalized spacial score (nSPS) is 21.9. The summed E-state index contributed by atoms with van der Waals surface area (Å²) in [6.45, 7) is 4.58. The lowest BCUT2D eigenvalue weighted by Gasteiger charge is -2.42. The smallest absolute Gasteiger partial charge is 0.262 e. The number of nitrogens with one attached hydrogen (secondary N) is 2. The van der Waals surface area contributed by atoms with E-state index in [0.717, 1.165) is 6.42 Å². The number of amides is 2. The summed E-state index contributed by atoms with van der Waals surface area (Å²) in [5.74, 6) is 0.0393. The second-order valence-electron chi connectivity index (χ2n) is 9.30. The van der Waals surface area contributed by atoms with Crippen molar-refractivity contribution in [2.75, 3.05) is 24.9 Å². The Morgan fingerprint density at radius 2 is 1.94 bits per heavy atom. The predicted molar refractivity (Wildman–Crippen MR) is 136 cm³/mol. The molecule has 2 N–H and O–H groups in total. The summed E-state index contributed by atoms with van der Waals surface area (Å²) in [4.78, 5) is 27.4. The van der Waals surface area contributed by atoms with Gasteiger partial charge in [-0.05, 0) is 56.0 Å². The van der Waals surface area contributed by atoms with Crippen molar-refractivity contribution in [2.24, 2.45) is 0 Å². The molecule has 0 unspecified atom stereocenters. The number of rotatable bonds is 7. The van der Waals surface area contributed by atoms with Gasteiger partial charge in [0.15, 0.2) is 0 Å². The molecule has 1 saturated heterocycles. The fraction of sp³-hybridized carbons (Fsp3) is 0.462. The third kappa shape index (κ3) is 5.65. The van der Waals surface area contributed by atoms with Crippen LogP contribution in [-0.4, -0.2) is 63.6 Å². The highest BCUT2D eigenvalue weighted by atomic mass is 32.2. The van der Waals surface area contributed by atoms with Gasteiger partial charge in [-0.2, -0.15) is 0 Å². The lowest BCUT2D eigenvalue weighted by molar-refractivity contribution is -0.134. The van der Waals surface area contributed by atoms with E-state index in [9.17, 15) is 18.0 Å². The zero-order valence-corrected chi connectivity index (χ0v) is 21.6. The lowest BCUT2D eigenvalue weighted by atomic mass is 9.94. The molecular weight excluding hydrogens is 482 g/mol. The van der Waals surface area contributed by atoms with Crippen LogP contribution in [0.2, 0.25) is 0 Å². The Morgan fingerprint density at radius 1 is 1.17 bits per heavy atom. The molecule has 10 heteroatoms. The largest absolute Gasteiger partial charge is 0.490 e. The summed E-state index contributed by atoms with van der Waals surface area (Å²) in [6.07, 6.45) is 1.88. The summed E-state index contributed by atoms with van der Waals surface area (Å²) in [7, 11) is -2.11. The molecule has 2 amide bonds. The standard InChI is InChI=1S/C26H33N3O6S/c1-4-13-27-25(30)15-19-10-11-21-23(35-19)16-34-22-12-9-18(14-20(22)26(31)29(21)3)28-36(32,33)24-8-6-5-7-17(24)2/h5-9,12,14,19,21,23,28H,4,10-11,13,15-16H2,1-3H3,(H,27,30)/t19-,21+,23-/m0/s1. The zero-order chi connectivity index (χ0) is 25.9. The minimum atomic E-state index is -3.83. The molecule has 9 nitrogen and oxygen atoms in total. The van der Waals surface area contributed by atoms with Crippen LogP contribution in [0.3, 0.4) is 0 Å². The number of hydrogen-bond donors (Lipinski definition) is 2. The van der Waals surface area contributed by atoms with Crippen LogP contribution in [0.5, 0.6) is 5.75 Å². The van der Waals surface area contributed by atoms with Crippen LogP contribution in [-0.2, 0) is 19.6 Å². The number of fused-ring (bicyclic) bond motifs is 2. The van der Waals surface area contributed by atoms with Crippen molar-refractivity contribution in [3.63, 3.8) is 0 Å². The highest BCUT2D eigenvalue weighted by Gasteiger charge is 2.39. The van der Waals surface area contributed by atoms with Crippen LogP contribution in [0, 0.1) is 6.92 Å². The quantitative estimate of drug-likeness (QED) is 0.586. The van der Waals surface area contributed by atoms with E-state index in [2.05, 4.69) is 10.0 Å². The number of ether oxygens (including phenoxy) is 2. The Balaban J connectivity index is 1.51. The van der Waals surface area contributed by atoms with Crippen LogP contribution in [0.15, 0.2) is 47.4 Å². The third-order valence-corrected chi connectivity index (χ3v) is 8.17. The molecule has 0 spiro atoms. The number of sulfonamides is 1. The molecule has 1 fully saturated rings. The third-order valence-electron chi connectivity index (χ3n) is 6.63. The van der Waals surface area contributed by atoms with Crippen LogP contribution in [0.1, 0.15) is 48.5 Å². The van der Waals surface area contributed by atoms with Gasteiger partial charge in [-0.1, -0.05) is 25.1 Å². The number of likely N-dealkylation sites (N-methyl/N-ethyl adjacent to an activating group) is 1. The number of anilines is 1. The maximum absolute atomic E-state index is 13.4. The molecule has 0 radical (unpaired) electrons. The Morgan fingerprint density at radius 3 is 2.69 bits per heavy atom. The van der Waals surface area contributed by atoms with Gasteiger partial charge in [0.2, 0.25) is 5.91 Å². The minimum Gasteiger partial charge on any atom is -0.490 e. The van der Waals surface area contributed by atoms with E-state index in [1.807, 2.05) is 6.92 Å². The van der Waals surface area contributed by atoms with Crippen LogP contribution < -0.4 is 14.8 Å². The maximum Gasteiger partial charge on any atom is 0.262 e. The second kappa shape index (κ2) is 10.9. The Bertz CT molecular complexity index is 1230. The van der Waals surface area contributed by atoms with E-state index in [1.165, 1.54) is 12.1 Å². The maximum atomic E-state index is 13.4. The topological polar surface area (TPSA) is 114 Å². The fourth-order valence-corrected chi connectivity index (χ4v) is 6.00. The summed E-state index contributed by atoms with van der Waals surface area (Å²) in [5.41, 5.74) is 1.18. The number of carbonyl (C=O) groups is 2. The number of nitrogens with zero attached hydrogens (tertiary/aromatic N) is 1. The van der Waals surface area contributed by atoms with E-state index in [-0.39, 0.29) is 59.2 Å². The van der Waals surface area contributed by atoms with Crippen molar-refractivity contribution in [3.05, 3.63) is 53.6 Å². The number of hydrogen-bond acceptors (Lipinski definition) is 6. The molecule has 194 valence electrons. The van der Waals surface area contributed by atoms with Crippen molar-refractivity contribution in [1.29, 1.82) is 0 Å². The van der Waals surface area contributed by atoms with Crippen LogP contribution in [0.25, 0.3) is 0 Å². The Labute approximate surface area is 212 Å². The summed E-state index contributed by atoms with van der Waals surface area (Å²) in [6, 6.07) is 11.2. The van der Waals surface area contributed by atoms with E-state index < -0.39 is 10.0 Å². The number of carbonyl (C=O) groups excluding carboxylic acids is 2. The average Bonchev–Trinajstić information content (AvgIpc) is 2.85. The van der Waals surface area contributed by atoms with Gasteiger partial charge >= 0.3 is 0 Å². The molecule has 2 aromatic rings. The summed E-state index contributed by atoms with van der Waals surface area (Å²) >= 11 is 0. The van der Waals surface area contributed by atoms with Gasteiger partial charge in [-0.3, -0.25) is 14.3 Å². The van der Waals surface area contributed by atoms with Gasteiger partial charge in [-0.25, -0.2) is 8.42 Å². The van der Waals surface area contributed by atoms with E-state index in [0.29, 0.717) is 30.7 Å². The summed E-state index contributed by atoms with van der Waals surface area (Å²) < 4.78 is 40.6. The van der Waals surface area contributed by atoms with Gasteiger partial charge in [0, 0.05) is 19.3 Å². The van der Waals surface area contributed by atoms with Gasteiger partial charge in [0.1, 0.15) is 18.5 Å². The van der Waals surface area contributed by atoms with E-state index in [4.69, 9.17) is 9.47 Å². The predicted octanol–water partition coefficient (Wildman–Crippen LogP) is 3.09. The molecule has 0 aliphatic carbocycles. The molecule has 0 saturated carbocycles. The van der Waals surface area contributed by atoms with Gasteiger partial charge in [-0.15, -0.1) is 0 Å². The second-order valence-corrected chi connectivity index (χ2v) is 11.0.